The van der Waals surface area contributed by atoms with Crippen LogP contribution in [-0.2, 0) is 22.7 Å². The molecular formula is C26H29N3O3. The van der Waals surface area contributed by atoms with E-state index in [4.69, 9.17) is 10.5 Å². The average Bonchev–Trinajstić information content (AvgIpc) is 2.82. The lowest BCUT2D eigenvalue weighted by molar-refractivity contribution is -0.131. The highest BCUT2D eigenvalue weighted by molar-refractivity contribution is 5.82. The van der Waals surface area contributed by atoms with E-state index in [1.807, 2.05) is 89.8 Å². The van der Waals surface area contributed by atoms with Crippen molar-refractivity contribution in [2.45, 2.75) is 19.5 Å². The van der Waals surface area contributed by atoms with Gasteiger partial charge in [-0.25, -0.2) is 0 Å². The molecule has 0 aliphatic carbocycles. The summed E-state index contributed by atoms with van der Waals surface area (Å²) in [6.45, 7) is 1.46. The smallest absolute Gasteiger partial charge is 0.242 e. The van der Waals surface area contributed by atoms with Gasteiger partial charge in [-0.3, -0.25) is 9.59 Å². The third kappa shape index (κ3) is 6.87. The second kappa shape index (κ2) is 11.6. The van der Waals surface area contributed by atoms with Gasteiger partial charge in [0.25, 0.3) is 0 Å². The molecule has 0 heterocycles. The van der Waals surface area contributed by atoms with E-state index in [0.717, 1.165) is 22.6 Å². The van der Waals surface area contributed by atoms with E-state index < -0.39 is 5.91 Å². The number of hydrogen-bond acceptors (Lipinski definition) is 4. The Balaban J connectivity index is 1.81. The van der Waals surface area contributed by atoms with Crippen LogP contribution in [0.25, 0.3) is 0 Å². The van der Waals surface area contributed by atoms with E-state index in [1.165, 1.54) is 0 Å². The number of benzene rings is 3. The van der Waals surface area contributed by atoms with Crippen LogP contribution in [0.3, 0.4) is 0 Å². The van der Waals surface area contributed by atoms with Gasteiger partial charge in [0, 0.05) is 31.7 Å². The van der Waals surface area contributed by atoms with Gasteiger partial charge in [0.15, 0.2) is 0 Å². The van der Waals surface area contributed by atoms with E-state index in [9.17, 15) is 9.59 Å². The molecule has 0 aliphatic heterocycles. The number of ether oxygens (including phenoxy) is 1. The Hall–Kier alpha value is -3.80. The Morgan fingerprint density at radius 1 is 0.812 bits per heavy atom. The Kier molecular flexibility index (Phi) is 8.26. The van der Waals surface area contributed by atoms with Crippen LogP contribution in [0.15, 0.2) is 84.9 Å². The highest BCUT2D eigenvalue weighted by Gasteiger charge is 2.19. The maximum absolute atomic E-state index is 13.4. The SMILES string of the molecule is COc1ccc(N(CC(=O)N(CCC(N)=O)Cc2ccccc2)Cc2ccccc2)cc1. The molecule has 166 valence electrons. The van der Waals surface area contributed by atoms with E-state index >= 15 is 0 Å². The van der Waals surface area contributed by atoms with Crippen LogP contribution in [0.5, 0.6) is 5.75 Å². The van der Waals surface area contributed by atoms with Crippen molar-refractivity contribution >= 4 is 17.5 Å². The zero-order valence-electron chi connectivity index (χ0n) is 18.3. The first kappa shape index (κ1) is 22.9. The third-order valence-electron chi connectivity index (χ3n) is 5.18. The Labute approximate surface area is 189 Å². The monoisotopic (exact) mass is 431 g/mol. The molecule has 6 nitrogen and oxygen atoms in total. The van der Waals surface area contributed by atoms with Crippen LogP contribution in [0.4, 0.5) is 5.69 Å². The number of anilines is 1. The maximum Gasteiger partial charge on any atom is 0.242 e. The third-order valence-corrected chi connectivity index (χ3v) is 5.18. The van der Waals surface area contributed by atoms with Crippen LogP contribution in [0.2, 0.25) is 0 Å². The molecule has 32 heavy (non-hydrogen) atoms. The number of amides is 2. The molecule has 0 radical (unpaired) electrons. The van der Waals surface area contributed by atoms with Gasteiger partial charge in [-0.05, 0) is 35.4 Å². The molecule has 3 aromatic carbocycles. The fourth-order valence-electron chi connectivity index (χ4n) is 3.44. The van der Waals surface area contributed by atoms with E-state index in [1.54, 1.807) is 12.0 Å². The minimum Gasteiger partial charge on any atom is -0.497 e. The van der Waals surface area contributed by atoms with Gasteiger partial charge in [-0.2, -0.15) is 0 Å². The molecular weight excluding hydrogens is 402 g/mol. The number of methoxy groups -OCH3 is 1. The standard InChI is InChI=1S/C26H29N3O3/c1-32-24-14-12-23(13-15-24)29(19-22-10-6-3-7-11-22)20-26(31)28(17-16-25(27)30)18-21-8-4-2-5-9-21/h2-15H,16-20H2,1H3,(H2,27,30). The second-order valence-corrected chi connectivity index (χ2v) is 7.56. The first-order valence-corrected chi connectivity index (χ1v) is 10.6. The summed E-state index contributed by atoms with van der Waals surface area (Å²) < 4.78 is 5.27. The molecule has 0 saturated heterocycles. The van der Waals surface area contributed by atoms with Gasteiger partial charge >= 0.3 is 0 Å². The largest absolute Gasteiger partial charge is 0.497 e. The summed E-state index contributed by atoms with van der Waals surface area (Å²) in [4.78, 5) is 28.5. The number of nitrogens with two attached hydrogens (primary N) is 1. The van der Waals surface area contributed by atoms with Gasteiger partial charge in [0.2, 0.25) is 11.8 Å². The van der Waals surface area contributed by atoms with Crippen molar-refractivity contribution in [1.29, 1.82) is 0 Å². The summed E-state index contributed by atoms with van der Waals surface area (Å²) in [5.74, 6) is 0.265. The van der Waals surface area contributed by atoms with Gasteiger partial charge in [0.05, 0.1) is 13.7 Å². The summed E-state index contributed by atoms with van der Waals surface area (Å²) in [6, 6.07) is 27.4. The molecule has 2 N–H and O–H groups in total. The van der Waals surface area contributed by atoms with E-state index in [-0.39, 0.29) is 25.4 Å². The summed E-state index contributed by atoms with van der Waals surface area (Å²) in [5, 5.41) is 0. The topological polar surface area (TPSA) is 75.9 Å². The molecule has 0 bridgehead atoms. The van der Waals surface area contributed by atoms with Crippen molar-refractivity contribution < 1.29 is 14.3 Å². The van der Waals surface area contributed by atoms with Crippen LogP contribution < -0.4 is 15.4 Å². The van der Waals surface area contributed by atoms with Gasteiger partial charge < -0.3 is 20.3 Å². The van der Waals surface area contributed by atoms with Crippen molar-refractivity contribution in [2.75, 3.05) is 25.1 Å². The summed E-state index contributed by atoms with van der Waals surface area (Å²) in [7, 11) is 1.63. The molecule has 0 fully saturated rings. The fraction of sp³-hybridized carbons (Fsp3) is 0.231. The maximum atomic E-state index is 13.4. The van der Waals surface area contributed by atoms with Crippen LogP contribution in [0, 0.1) is 0 Å². The summed E-state index contributed by atoms with van der Waals surface area (Å²) in [5.41, 5.74) is 8.38. The summed E-state index contributed by atoms with van der Waals surface area (Å²) >= 11 is 0. The van der Waals surface area contributed by atoms with Crippen LogP contribution in [-0.4, -0.2) is 36.9 Å². The predicted molar refractivity (Wildman–Crippen MR) is 126 cm³/mol. The number of hydrogen-bond donors (Lipinski definition) is 1. The molecule has 0 atom stereocenters. The molecule has 3 aromatic rings. The Morgan fingerprint density at radius 3 is 1.91 bits per heavy atom. The first-order valence-electron chi connectivity index (χ1n) is 10.6. The van der Waals surface area contributed by atoms with Crippen LogP contribution in [0.1, 0.15) is 17.5 Å². The molecule has 0 unspecified atom stereocenters. The van der Waals surface area contributed by atoms with Crippen molar-refractivity contribution in [1.82, 2.24) is 4.90 Å². The lowest BCUT2D eigenvalue weighted by Crippen LogP contribution is -2.41. The van der Waals surface area contributed by atoms with E-state index in [2.05, 4.69) is 0 Å². The lowest BCUT2D eigenvalue weighted by Gasteiger charge is -2.29. The average molecular weight is 432 g/mol. The first-order chi connectivity index (χ1) is 15.5. The van der Waals surface area contributed by atoms with Gasteiger partial charge in [0.1, 0.15) is 5.75 Å². The Morgan fingerprint density at radius 2 is 1.38 bits per heavy atom. The number of nitrogens with zero attached hydrogens (tertiary/aromatic N) is 2. The van der Waals surface area contributed by atoms with Gasteiger partial charge in [-0.1, -0.05) is 60.7 Å². The Bertz CT molecular complexity index is 992. The molecule has 0 saturated carbocycles. The minimum absolute atomic E-state index is 0.0677. The van der Waals surface area contributed by atoms with E-state index in [0.29, 0.717) is 13.1 Å². The molecule has 0 aliphatic rings. The molecule has 6 heteroatoms. The van der Waals surface area contributed by atoms with Crippen molar-refractivity contribution in [2.24, 2.45) is 5.73 Å². The molecule has 3 rings (SSSR count). The van der Waals surface area contributed by atoms with Crippen molar-refractivity contribution in [3.63, 3.8) is 0 Å². The summed E-state index contributed by atoms with van der Waals surface area (Å²) in [6.07, 6.45) is 0.125. The van der Waals surface area contributed by atoms with Gasteiger partial charge in [-0.15, -0.1) is 0 Å². The number of primary amides is 1. The number of carbonyl (C=O) groups is 2. The molecule has 0 aromatic heterocycles. The zero-order valence-corrected chi connectivity index (χ0v) is 18.3. The molecule has 0 spiro atoms. The normalized spacial score (nSPS) is 10.4. The molecule has 2 amide bonds. The fourth-order valence-corrected chi connectivity index (χ4v) is 3.44. The zero-order chi connectivity index (χ0) is 22.8. The highest BCUT2D eigenvalue weighted by atomic mass is 16.5. The lowest BCUT2D eigenvalue weighted by atomic mass is 10.1. The number of rotatable bonds is 11. The quantitative estimate of drug-likeness (QED) is 0.503. The van der Waals surface area contributed by atoms with Crippen molar-refractivity contribution in [3.05, 3.63) is 96.1 Å². The predicted octanol–water partition coefficient (Wildman–Crippen LogP) is 3.61. The number of carbonyl (C=O) groups excluding carboxylic acids is 2. The van der Waals surface area contributed by atoms with Crippen molar-refractivity contribution in [3.8, 4) is 5.75 Å². The second-order valence-electron chi connectivity index (χ2n) is 7.56. The van der Waals surface area contributed by atoms with Crippen LogP contribution >= 0.6 is 0 Å². The minimum atomic E-state index is -0.424. The highest BCUT2D eigenvalue weighted by Crippen LogP contribution is 2.21.